The van der Waals surface area contributed by atoms with Gasteiger partial charge in [0.1, 0.15) is 5.92 Å². The molecule has 176 valence electrons. The average molecular weight is 473 g/mol. The highest BCUT2D eigenvalue weighted by Crippen LogP contribution is 2.56. The van der Waals surface area contributed by atoms with Gasteiger partial charge in [0.2, 0.25) is 0 Å². The number of hydrogen-bond acceptors (Lipinski definition) is 5. The Hall–Kier alpha value is -4.49. The average Bonchev–Trinajstić information content (AvgIpc) is 3.59. The molecule has 2 aromatic carbocycles. The van der Waals surface area contributed by atoms with Crippen LogP contribution in [0.2, 0.25) is 0 Å². The number of rotatable bonds is 3. The third kappa shape index (κ3) is 3.13. The molecular weight excluding hydrogens is 448 g/mol. The van der Waals surface area contributed by atoms with Crippen LogP contribution in [0, 0.1) is 40.4 Å². The Kier molecular flexibility index (Phi) is 5.09. The van der Waals surface area contributed by atoms with Crippen LogP contribution in [0.1, 0.15) is 42.1 Å². The summed E-state index contributed by atoms with van der Waals surface area (Å²) in [5, 5.41) is 31.7. The Bertz CT molecular complexity index is 1540. The van der Waals surface area contributed by atoms with E-state index in [1.54, 1.807) is 16.8 Å². The number of fused-ring (bicyclic) bond motifs is 3. The number of H-pyrrole nitrogens is 1. The lowest BCUT2D eigenvalue weighted by Gasteiger charge is -2.50. The van der Waals surface area contributed by atoms with E-state index >= 15 is 0 Å². The number of benzene rings is 2. The van der Waals surface area contributed by atoms with Crippen molar-refractivity contribution < 1.29 is 4.79 Å². The van der Waals surface area contributed by atoms with Gasteiger partial charge in [-0.15, -0.1) is 0 Å². The van der Waals surface area contributed by atoms with Crippen molar-refractivity contribution in [3.63, 3.8) is 0 Å². The van der Waals surface area contributed by atoms with Crippen molar-refractivity contribution in [2.75, 3.05) is 0 Å². The van der Waals surface area contributed by atoms with E-state index in [9.17, 15) is 10.1 Å². The molecule has 0 spiro atoms. The van der Waals surface area contributed by atoms with Gasteiger partial charge >= 0.3 is 0 Å². The van der Waals surface area contributed by atoms with Gasteiger partial charge in [0, 0.05) is 28.7 Å². The van der Waals surface area contributed by atoms with Crippen LogP contribution in [0.15, 0.2) is 67.0 Å². The lowest BCUT2D eigenvalue weighted by Crippen LogP contribution is -2.52. The van der Waals surface area contributed by atoms with Crippen molar-refractivity contribution in [1.29, 1.82) is 10.5 Å². The molecule has 2 aliphatic carbocycles. The van der Waals surface area contributed by atoms with E-state index in [0.717, 1.165) is 46.6 Å². The minimum atomic E-state index is -0.651. The molecule has 2 aromatic heterocycles. The van der Waals surface area contributed by atoms with E-state index in [-0.39, 0.29) is 17.6 Å². The van der Waals surface area contributed by atoms with Gasteiger partial charge in [0.05, 0.1) is 41.0 Å². The van der Waals surface area contributed by atoms with Crippen molar-refractivity contribution in [2.24, 2.45) is 17.8 Å². The van der Waals surface area contributed by atoms with E-state index in [2.05, 4.69) is 34.5 Å². The molecule has 0 radical (unpaired) electrons. The molecule has 1 fully saturated rings. The second-order valence-corrected chi connectivity index (χ2v) is 9.82. The Labute approximate surface area is 209 Å². The highest BCUT2D eigenvalue weighted by atomic mass is 16.1. The summed E-state index contributed by atoms with van der Waals surface area (Å²) in [6, 6.07) is 22.0. The van der Waals surface area contributed by atoms with Gasteiger partial charge in [-0.25, -0.2) is 4.68 Å². The summed E-state index contributed by atoms with van der Waals surface area (Å²) in [5.41, 5.74) is 6.01. The first-order valence-electron chi connectivity index (χ1n) is 12.2. The summed E-state index contributed by atoms with van der Waals surface area (Å²) in [4.78, 5) is 13.0. The van der Waals surface area contributed by atoms with Crippen molar-refractivity contribution >= 4 is 5.78 Å². The van der Waals surface area contributed by atoms with Gasteiger partial charge in [0.25, 0.3) is 0 Å². The summed E-state index contributed by atoms with van der Waals surface area (Å²) in [6.45, 7) is 1.98. The molecule has 4 aromatic rings. The predicted molar refractivity (Wildman–Crippen MR) is 133 cm³/mol. The molecule has 2 heterocycles. The highest BCUT2D eigenvalue weighted by molar-refractivity contribution is 5.87. The zero-order valence-electron chi connectivity index (χ0n) is 19.8. The minimum absolute atomic E-state index is 0.0527. The van der Waals surface area contributed by atoms with Crippen LogP contribution < -0.4 is 0 Å². The second-order valence-electron chi connectivity index (χ2n) is 9.82. The van der Waals surface area contributed by atoms with Crippen LogP contribution >= 0.6 is 0 Å². The molecule has 7 nitrogen and oxygen atoms in total. The Balaban J connectivity index is 1.47. The van der Waals surface area contributed by atoms with Gasteiger partial charge < -0.3 is 0 Å². The quantitative estimate of drug-likeness (QED) is 0.463. The zero-order valence-corrected chi connectivity index (χ0v) is 19.8. The number of carbonyl (C=O) groups is 1. The van der Waals surface area contributed by atoms with E-state index in [1.165, 1.54) is 0 Å². The molecule has 1 unspecified atom stereocenters. The molecular formula is C29H24N6O. The monoisotopic (exact) mass is 472 g/mol. The number of aromatic amines is 1. The summed E-state index contributed by atoms with van der Waals surface area (Å²) in [6.07, 6.45) is 5.88. The number of ketones is 1. The van der Waals surface area contributed by atoms with Gasteiger partial charge in [-0.2, -0.15) is 20.7 Å². The van der Waals surface area contributed by atoms with Crippen molar-refractivity contribution in [1.82, 2.24) is 20.0 Å². The molecule has 2 aliphatic rings. The number of nitrogens with zero attached hydrogens (tertiary/aromatic N) is 5. The zero-order chi connectivity index (χ0) is 24.9. The maximum atomic E-state index is 13.0. The van der Waals surface area contributed by atoms with Crippen LogP contribution in [0.3, 0.4) is 0 Å². The van der Waals surface area contributed by atoms with Crippen LogP contribution in [0.25, 0.3) is 16.9 Å². The number of aromatic nitrogens is 4. The van der Waals surface area contributed by atoms with Gasteiger partial charge in [-0.1, -0.05) is 37.3 Å². The third-order valence-electron chi connectivity index (χ3n) is 8.13. The van der Waals surface area contributed by atoms with E-state index < -0.39 is 11.3 Å². The Morgan fingerprint density at radius 2 is 1.89 bits per heavy atom. The van der Waals surface area contributed by atoms with Gasteiger partial charge in [-0.05, 0) is 55.0 Å². The summed E-state index contributed by atoms with van der Waals surface area (Å²) in [7, 11) is 0. The fourth-order valence-electron chi connectivity index (χ4n) is 6.40. The van der Waals surface area contributed by atoms with Crippen LogP contribution in [-0.2, 0) is 16.6 Å². The van der Waals surface area contributed by atoms with Crippen molar-refractivity contribution in [3.05, 3.63) is 89.4 Å². The first-order valence-corrected chi connectivity index (χ1v) is 12.2. The molecule has 0 amide bonds. The second kappa shape index (κ2) is 8.32. The predicted octanol–water partition coefficient (Wildman–Crippen LogP) is 4.73. The molecule has 36 heavy (non-hydrogen) atoms. The molecule has 7 heteroatoms. The van der Waals surface area contributed by atoms with Crippen LogP contribution in [0.5, 0.6) is 0 Å². The molecule has 1 N–H and O–H groups in total. The molecule has 6 rings (SSSR count). The third-order valence-corrected chi connectivity index (χ3v) is 8.13. The number of nitrogens with one attached hydrogen (secondary N) is 1. The lowest BCUT2D eigenvalue weighted by atomic mass is 9.51. The van der Waals surface area contributed by atoms with Crippen molar-refractivity contribution in [3.8, 4) is 29.1 Å². The summed E-state index contributed by atoms with van der Waals surface area (Å²) >= 11 is 0. The lowest BCUT2D eigenvalue weighted by molar-refractivity contribution is -0.131. The van der Waals surface area contributed by atoms with Crippen LogP contribution in [0.4, 0.5) is 0 Å². The van der Waals surface area contributed by atoms with Crippen molar-refractivity contribution in [2.45, 2.75) is 31.6 Å². The van der Waals surface area contributed by atoms with Gasteiger partial charge in [-0.3, -0.25) is 9.89 Å². The normalized spacial score (nSPS) is 24.9. The van der Waals surface area contributed by atoms with E-state index in [0.29, 0.717) is 12.0 Å². The first-order chi connectivity index (χ1) is 17.6. The van der Waals surface area contributed by atoms with Crippen LogP contribution in [-0.4, -0.2) is 25.8 Å². The summed E-state index contributed by atoms with van der Waals surface area (Å²) in [5.74, 6) is -0.725. The number of carbonyl (C=O) groups excluding carboxylic acids is 1. The smallest absolute Gasteiger partial charge is 0.153 e. The molecule has 4 atom stereocenters. The van der Waals surface area contributed by atoms with Gasteiger partial charge in [0.15, 0.2) is 5.78 Å². The fourth-order valence-corrected chi connectivity index (χ4v) is 6.40. The standard InChI is InChI=1S/C29H24N6O/c1-18-25-12-11-24-26(21-16-32-35(17-21)23-9-7-19(14-30)8-10-23)33-34-28(24)29(25,13-20(15-31)27(18)36)22-5-3-2-4-6-22/h2-10,16-18,20,25H,11-13H2,1H3,(H,33,34)/t18-,20?,25-,29+/m0/s1. The van der Waals surface area contributed by atoms with E-state index in [4.69, 9.17) is 10.4 Å². The first kappa shape index (κ1) is 22.0. The Morgan fingerprint density at radius 3 is 2.61 bits per heavy atom. The topological polar surface area (TPSA) is 111 Å². The SMILES string of the molecule is C[C@@H]1C(=O)C(C#N)C[C@]2(c3ccccc3)c3n[nH]c(-c4cnn(-c5ccc(C#N)cc5)c4)c3CC[C@@H]12. The summed E-state index contributed by atoms with van der Waals surface area (Å²) < 4.78 is 1.79. The minimum Gasteiger partial charge on any atom is -0.298 e. The van der Waals surface area contributed by atoms with E-state index in [1.807, 2.05) is 49.6 Å². The molecule has 0 saturated heterocycles. The number of nitriles is 2. The molecule has 0 bridgehead atoms. The number of Topliss-reactive ketones (excluding diaryl/α,β-unsaturated/α-hetero) is 1. The molecule has 0 aliphatic heterocycles. The maximum Gasteiger partial charge on any atom is 0.153 e. The maximum absolute atomic E-state index is 13.0. The molecule has 1 saturated carbocycles. The number of hydrogen-bond donors (Lipinski definition) is 1. The Morgan fingerprint density at radius 1 is 1.11 bits per heavy atom. The fraction of sp³-hybridized carbons (Fsp3) is 0.276. The largest absolute Gasteiger partial charge is 0.298 e. The highest BCUT2D eigenvalue weighted by Gasteiger charge is 2.57.